The summed E-state index contributed by atoms with van der Waals surface area (Å²) in [5, 5.41) is 15.6. The van der Waals surface area contributed by atoms with Crippen molar-refractivity contribution in [2.75, 3.05) is 19.8 Å². The Morgan fingerprint density at radius 3 is 2.09 bits per heavy atom. The van der Waals surface area contributed by atoms with Crippen molar-refractivity contribution in [3.63, 3.8) is 0 Å². The van der Waals surface area contributed by atoms with Gasteiger partial charge in [-0.25, -0.2) is 0 Å². The molecule has 3 aromatic heterocycles. The number of halogens is 1. The Bertz CT molecular complexity index is 2920. The summed E-state index contributed by atoms with van der Waals surface area (Å²) < 4.78 is 21.6. The summed E-state index contributed by atoms with van der Waals surface area (Å²) in [6.07, 6.45) is 4.52. The Kier molecular flexibility index (Phi) is 10.4. The summed E-state index contributed by atoms with van der Waals surface area (Å²) in [6, 6.07) is 28.6. The number of ether oxygens (including phenoxy) is 3. The van der Waals surface area contributed by atoms with E-state index in [2.05, 4.69) is 59.1 Å². The average Bonchev–Trinajstić information content (AvgIpc) is 3.98. The minimum atomic E-state index is -1.38. The van der Waals surface area contributed by atoms with E-state index in [1.807, 2.05) is 56.3 Å². The quantitative estimate of drug-likeness (QED) is 0.0516. The molecule has 10 rings (SSSR count). The van der Waals surface area contributed by atoms with Crippen molar-refractivity contribution in [2.45, 2.75) is 107 Å². The summed E-state index contributed by atoms with van der Waals surface area (Å²) in [4.78, 5) is 23.0. The number of aromatic nitrogens is 3. The topological polar surface area (TPSA) is 196 Å². The largest absolute Gasteiger partial charge is 0.367 e. The molecule has 64 heavy (non-hydrogen) atoms. The van der Waals surface area contributed by atoms with E-state index >= 15 is 0 Å². The number of nitrogens with zero attached hydrogens (tertiary/aromatic N) is 1. The van der Waals surface area contributed by atoms with E-state index in [-0.39, 0.29) is 10.6 Å². The highest BCUT2D eigenvalue weighted by Gasteiger charge is 2.69. The molecular weight excluding hydrogens is 826 g/mol. The van der Waals surface area contributed by atoms with Crippen LogP contribution in [0.4, 0.5) is 5.69 Å². The molecule has 0 spiro atoms. The lowest BCUT2D eigenvalue weighted by atomic mass is 9.51. The number of nitrogens with two attached hydrogens (primary N) is 3. The highest BCUT2D eigenvalue weighted by atomic mass is 35.5. The van der Waals surface area contributed by atoms with Gasteiger partial charge in [0.1, 0.15) is 16.8 Å². The van der Waals surface area contributed by atoms with Gasteiger partial charge in [0.25, 0.3) is 5.69 Å². The second-order valence-corrected chi connectivity index (χ2v) is 19.4. The van der Waals surface area contributed by atoms with Crippen LogP contribution in [0.25, 0.3) is 32.7 Å². The van der Waals surface area contributed by atoms with Gasteiger partial charge in [-0.05, 0) is 105 Å². The van der Waals surface area contributed by atoms with Gasteiger partial charge in [-0.15, -0.1) is 0 Å². The van der Waals surface area contributed by atoms with Gasteiger partial charge in [-0.1, -0.05) is 79.9 Å². The van der Waals surface area contributed by atoms with Gasteiger partial charge < -0.3 is 46.4 Å². The number of non-ortho nitro benzene ring substituents is 1. The maximum Gasteiger partial charge on any atom is 0.270 e. The van der Waals surface area contributed by atoms with Crippen LogP contribution >= 0.6 is 11.6 Å². The predicted octanol–water partition coefficient (Wildman–Crippen LogP) is 9.23. The minimum absolute atomic E-state index is 0.0160. The second-order valence-electron chi connectivity index (χ2n) is 19.0. The molecule has 9 N–H and O–H groups in total. The third-order valence-corrected chi connectivity index (χ3v) is 15.8. The van der Waals surface area contributed by atoms with Crippen molar-refractivity contribution >= 4 is 50.0 Å². The standard InChI is InChI=1S/C51H58ClN7O5/c1-5-6-23-51(46-34(22-26-64-51)33-14-10-11-15-39(33)58-46)50(55,29-30-12-8-7-9-13-30)42(48(3,54)49(4)45-36(21-25-63-49)37-27-31(52)16-18-40(37)57-45)43(53)47(2)44-35(20-24-62-47)38-28-32(59(60)61)17-19-41(38)56-44/h7-19,27-28,42-43,56-58H,5-6,20-26,29,53-55H2,1-4H3. The number of fused-ring (bicyclic) bond motifs is 9. The number of unbranched alkanes of at least 4 members (excludes halogenated alkanes) is 1. The van der Waals surface area contributed by atoms with Crippen LogP contribution in [0, 0.1) is 16.0 Å². The van der Waals surface area contributed by atoms with E-state index in [9.17, 15) is 10.1 Å². The lowest BCUT2D eigenvalue weighted by Gasteiger charge is -2.63. The Balaban J connectivity index is 1.28. The van der Waals surface area contributed by atoms with Gasteiger partial charge in [-0.3, -0.25) is 10.1 Å². The van der Waals surface area contributed by atoms with Crippen molar-refractivity contribution in [3.05, 3.63) is 145 Å². The Labute approximate surface area is 377 Å². The molecule has 7 unspecified atom stereocenters. The zero-order chi connectivity index (χ0) is 44.8. The van der Waals surface area contributed by atoms with Crippen LogP contribution in [-0.2, 0) is 56.7 Å². The summed E-state index contributed by atoms with van der Waals surface area (Å²) in [6.45, 7) is 9.47. The van der Waals surface area contributed by atoms with Gasteiger partial charge in [0.05, 0.1) is 52.9 Å². The van der Waals surface area contributed by atoms with E-state index in [1.54, 1.807) is 12.1 Å². The predicted molar refractivity (Wildman–Crippen MR) is 253 cm³/mol. The first-order chi connectivity index (χ1) is 30.7. The zero-order valence-electron chi connectivity index (χ0n) is 37.0. The van der Waals surface area contributed by atoms with Crippen LogP contribution in [0.1, 0.15) is 86.3 Å². The van der Waals surface area contributed by atoms with Crippen LogP contribution in [0.15, 0.2) is 91.0 Å². The molecule has 0 saturated carbocycles. The summed E-state index contributed by atoms with van der Waals surface area (Å²) in [7, 11) is 0. The van der Waals surface area contributed by atoms with E-state index in [0.29, 0.717) is 56.9 Å². The van der Waals surface area contributed by atoms with Gasteiger partial charge in [0.15, 0.2) is 0 Å². The second kappa shape index (κ2) is 15.5. The number of nitrogens with one attached hydrogen (secondary N) is 3. The zero-order valence-corrected chi connectivity index (χ0v) is 37.7. The van der Waals surface area contributed by atoms with Gasteiger partial charge in [0.2, 0.25) is 0 Å². The molecule has 7 aromatic rings. The Morgan fingerprint density at radius 1 is 0.766 bits per heavy atom. The molecule has 0 fully saturated rings. The van der Waals surface area contributed by atoms with Crippen LogP contribution in [0.5, 0.6) is 0 Å². The molecular formula is C51H58ClN7O5. The summed E-state index contributed by atoms with van der Waals surface area (Å²) >= 11 is 6.65. The van der Waals surface area contributed by atoms with Crippen molar-refractivity contribution in [1.82, 2.24) is 15.0 Å². The van der Waals surface area contributed by atoms with Crippen LogP contribution < -0.4 is 17.2 Å². The fourth-order valence-corrected chi connectivity index (χ4v) is 12.4. The van der Waals surface area contributed by atoms with E-state index in [0.717, 1.165) is 79.3 Å². The van der Waals surface area contributed by atoms with E-state index < -0.39 is 39.8 Å². The molecule has 13 heteroatoms. The fraction of sp³-hybridized carbons (Fsp3) is 0.412. The first kappa shape index (κ1) is 42.9. The van der Waals surface area contributed by atoms with Crippen molar-refractivity contribution in [1.29, 1.82) is 0 Å². The van der Waals surface area contributed by atoms with Gasteiger partial charge >= 0.3 is 0 Å². The Hall–Kier alpha value is -5.05. The molecule has 0 aliphatic carbocycles. The molecule has 6 heterocycles. The van der Waals surface area contributed by atoms with Gasteiger partial charge in [-0.2, -0.15) is 0 Å². The maximum absolute atomic E-state index is 12.1. The highest BCUT2D eigenvalue weighted by Crippen LogP contribution is 2.58. The van der Waals surface area contributed by atoms with Crippen LogP contribution in [0.3, 0.4) is 0 Å². The molecule has 0 radical (unpaired) electrons. The summed E-state index contributed by atoms with van der Waals surface area (Å²) in [5.41, 5.74) is 28.4. The van der Waals surface area contributed by atoms with Crippen LogP contribution in [-0.4, -0.2) is 56.8 Å². The molecule has 7 atom stereocenters. The number of H-pyrrole nitrogens is 3. The number of nitro groups is 1. The number of nitro benzene ring substituents is 1. The molecule has 4 aromatic carbocycles. The monoisotopic (exact) mass is 883 g/mol. The molecule has 0 amide bonds. The lowest BCUT2D eigenvalue weighted by molar-refractivity contribution is -0.384. The molecule has 0 bridgehead atoms. The van der Waals surface area contributed by atoms with Crippen LogP contribution in [0.2, 0.25) is 5.02 Å². The van der Waals surface area contributed by atoms with Crippen molar-refractivity contribution in [2.24, 2.45) is 23.1 Å². The molecule has 334 valence electrons. The maximum atomic E-state index is 12.1. The number of para-hydroxylation sites is 1. The molecule has 3 aliphatic heterocycles. The lowest BCUT2D eigenvalue weighted by Crippen LogP contribution is -2.80. The number of benzene rings is 4. The third-order valence-electron chi connectivity index (χ3n) is 15.6. The minimum Gasteiger partial charge on any atom is -0.367 e. The molecule has 12 nitrogen and oxygen atoms in total. The first-order valence-electron chi connectivity index (χ1n) is 22.7. The average molecular weight is 885 g/mol. The number of aromatic amines is 3. The normalized spacial score (nSPS) is 25.0. The smallest absolute Gasteiger partial charge is 0.270 e. The number of rotatable bonds is 12. The van der Waals surface area contributed by atoms with Crippen molar-refractivity contribution in [3.8, 4) is 0 Å². The van der Waals surface area contributed by atoms with E-state index in [4.69, 9.17) is 43.0 Å². The highest BCUT2D eigenvalue weighted by molar-refractivity contribution is 6.31. The van der Waals surface area contributed by atoms with Gasteiger partial charge in [0, 0.05) is 61.8 Å². The number of hydrogen-bond donors (Lipinski definition) is 6. The SMILES string of the molecule is CCCCC1(C(N)(Cc2ccccc2)C(C(N)C2(C)OCCc3c2[nH]c2ccc([N+](=O)[O-])cc32)C(C)(N)C2(C)OCCc3c2[nH]c2ccc(Cl)cc32)OCCc2c1[nH]c1ccccc21. The van der Waals surface area contributed by atoms with Crippen molar-refractivity contribution < 1.29 is 19.1 Å². The third kappa shape index (κ3) is 6.25. The molecule has 0 saturated heterocycles. The fourth-order valence-electron chi connectivity index (χ4n) is 12.2. The first-order valence-corrected chi connectivity index (χ1v) is 23.0. The Morgan fingerprint density at radius 2 is 1.36 bits per heavy atom. The molecule has 3 aliphatic rings. The van der Waals surface area contributed by atoms with E-state index in [1.165, 1.54) is 11.6 Å². The summed E-state index contributed by atoms with van der Waals surface area (Å²) in [5.74, 6) is -0.850. The number of hydrogen-bond acceptors (Lipinski definition) is 8.